The van der Waals surface area contributed by atoms with E-state index >= 15 is 0 Å². The summed E-state index contributed by atoms with van der Waals surface area (Å²) in [5, 5.41) is 11.0. The average molecular weight is 349 g/mol. The van der Waals surface area contributed by atoms with Crippen molar-refractivity contribution in [1.82, 2.24) is 15.6 Å². The van der Waals surface area contributed by atoms with Gasteiger partial charge in [-0.2, -0.15) is 10.2 Å². The molecule has 0 atom stereocenters. The highest BCUT2D eigenvalue weighted by Crippen LogP contribution is 2.11. The number of hydrogen-bond acceptors (Lipinski definition) is 3. The Morgan fingerprint density at radius 2 is 2.10 bits per heavy atom. The van der Waals surface area contributed by atoms with Gasteiger partial charge < -0.3 is 0 Å². The van der Waals surface area contributed by atoms with E-state index in [9.17, 15) is 4.79 Å². The number of aromatic amines is 1. The monoisotopic (exact) mass is 348 g/mol. The van der Waals surface area contributed by atoms with Crippen LogP contribution in [-0.4, -0.2) is 22.3 Å². The predicted octanol–water partition coefficient (Wildman–Crippen LogP) is 2.87. The molecule has 0 radical (unpaired) electrons. The molecule has 5 nitrogen and oxygen atoms in total. The van der Waals surface area contributed by atoms with E-state index in [1.54, 1.807) is 6.21 Å². The van der Waals surface area contributed by atoms with Crippen molar-refractivity contribution in [3.05, 3.63) is 51.3 Å². The number of H-pyrrole nitrogens is 1. The van der Waals surface area contributed by atoms with Crippen molar-refractivity contribution < 1.29 is 4.79 Å². The number of nitrogens with one attached hydrogen (secondary N) is 2. The first-order valence-electron chi connectivity index (χ1n) is 6.64. The molecule has 0 aliphatic carbocycles. The molecule has 1 heterocycles. The van der Waals surface area contributed by atoms with E-state index in [0.29, 0.717) is 12.8 Å². The van der Waals surface area contributed by atoms with Crippen molar-refractivity contribution in [2.24, 2.45) is 5.10 Å². The summed E-state index contributed by atoms with van der Waals surface area (Å²) in [6.45, 7) is 3.89. The number of aryl methyl sites for hydroxylation is 2. The zero-order chi connectivity index (χ0) is 15.2. The number of halogens is 1. The summed E-state index contributed by atoms with van der Waals surface area (Å²) in [7, 11) is 0. The highest BCUT2D eigenvalue weighted by atomic mass is 79.9. The first-order valence-corrected chi connectivity index (χ1v) is 7.43. The molecule has 0 unspecified atom stereocenters. The van der Waals surface area contributed by atoms with Crippen LogP contribution in [0.15, 0.2) is 33.8 Å². The Labute approximate surface area is 132 Å². The summed E-state index contributed by atoms with van der Waals surface area (Å²) in [5.41, 5.74) is 6.52. The van der Waals surface area contributed by atoms with Crippen molar-refractivity contribution >= 4 is 28.1 Å². The van der Waals surface area contributed by atoms with Crippen LogP contribution in [0.5, 0.6) is 0 Å². The van der Waals surface area contributed by atoms with E-state index < -0.39 is 0 Å². The topological polar surface area (TPSA) is 70.1 Å². The number of nitrogens with zero attached hydrogens (tertiary/aromatic N) is 2. The fourth-order valence-electron chi connectivity index (χ4n) is 1.96. The highest BCUT2D eigenvalue weighted by molar-refractivity contribution is 9.10. The maximum Gasteiger partial charge on any atom is 0.240 e. The van der Waals surface area contributed by atoms with E-state index in [-0.39, 0.29) is 5.91 Å². The maximum absolute atomic E-state index is 11.7. The molecular weight excluding hydrogens is 332 g/mol. The second-order valence-corrected chi connectivity index (χ2v) is 5.67. The van der Waals surface area contributed by atoms with Crippen LogP contribution in [0.4, 0.5) is 0 Å². The number of benzene rings is 1. The Hall–Kier alpha value is -1.95. The number of rotatable bonds is 5. The number of carbonyl (C=O) groups is 1. The van der Waals surface area contributed by atoms with Gasteiger partial charge in [-0.1, -0.05) is 28.1 Å². The van der Waals surface area contributed by atoms with E-state index in [4.69, 9.17) is 0 Å². The standard InChI is InChI=1S/C15H17BrN4O/c1-10-14(11(2)19-18-10)7-8-15(21)20-17-9-12-3-5-13(16)6-4-12/h3-6,9H,7-8H2,1-2H3,(H,18,19)(H,20,21)/b17-9-. The van der Waals surface area contributed by atoms with Crippen LogP contribution >= 0.6 is 15.9 Å². The molecule has 21 heavy (non-hydrogen) atoms. The molecule has 0 bridgehead atoms. The molecule has 2 aromatic rings. The van der Waals surface area contributed by atoms with E-state index in [0.717, 1.165) is 27.0 Å². The predicted molar refractivity (Wildman–Crippen MR) is 86.3 cm³/mol. The summed E-state index contributed by atoms with van der Waals surface area (Å²) < 4.78 is 1.01. The number of amides is 1. The summed E-state index contributed by atoms with van der Waals surface area (Å²) in [4.78, 5) is 11.7. The van der Waals surface area contributed by atoms with Crippen molar-refractivity contribution in [2.75, 3.05) is 0 Å². The van der Waals surface area contributed by atoms with Gasteiger partial charge in [0, 0.05) is 16.6 Å². The van der Waals surface area contributed by atoms with Gasteiger partial charge in [0.25, 0.3) is 0 Å². The van der Waals surface area contributed by atoms with E-state index in [1.165, 1.54) is 0 Å². The average Bonchev–Trinajstić information content (AvgIpc) is 2.78. The highest BCUT2D eigenvalue weighted by Gasteiger charge is 2.08. The third kappa shape index (κ3) is 4.53. The lowest BCUT2D eigenvalue weighted by Crippen LogP contribution is -2.18. The molecule has 1 aromatic carbocycles. The maximum atomic E-state index is 11.7. The molecule has 0 fully saturated rings. The van der Waals surface area contributed by atoms with Crippen molar-refractivity contribution in [1.29, 1.82) is 0 Å². The van der Waals surface area contributed by atoms with Gasteiger partial charge >= 0.3 is 0 Å². The number of carbonyl (C=O) groups excluding carboxylic acids is 1. The second kappa shape index (κ2) is 7.17. The molecule has 110 valence electrons. The van der Waals surface area contributed by atoms with Gasteiger partial charge in [0.1, 0.15) is 0 Å². The zero-order valence-corrected chi connectivity index (χ0v) is 13.6. The number of hydrogen-bond donors (Lipinski definition) is 2. The molecule has 0 aliphatic heterocycles. The second-order valence-electron chi connectivity index (χ2n) is 4.76. The van der Waals surface area contributed by atoms with Crippen LogP contribution in [0.1, 0.15) is 28.9 Å². The SMILES string of the molecule is Cc1n[nH]c(C)c1CCC(=O)N/N=C\c1ccc(Br)cc1. The third-order valence-corrected chi connectivity index (χ3v) is 3.68. The first-order chi connectivity index (χ1) is 10.1. The minimum Gasteiger partial charge on any atom is -0.282 e. The van der Waals surface area contributed by atoms with Crippen LogP contribution in [-0.2, 0) is 11.2 Å². The van der Waals surface area contributed by atoms with Crippen LogP contribution in [0.25, 0.3) is 0 Å². The van der Waals surface area contributed by atoms with E-state index in [1.807, 2.05) is 38.1 Å². The van der Waals surface area contributed by atoms with Crippen molar-refractivity contribution in [3.8, 4) is 0 Å². The Balaban J connectivity index is 1.81. The Morgan fingerprint density at radius 1 is 1.38 bits per heavy atom. The van der Waals surface area contributed by atoms with Gasteiger partial charge in [0.15, 0.2) is 0 Å². The lowest BCUT2D eigenvalue weighted by atomic mass is 10.1. The third-order valence-electron chi connectivity index (χ3n) is 3.16. The van der Waals surface area contributed by atoms with E-state index in [2.05, 4.69) is 36.7 Å². The number of hydrazone groups is 1. The molecular formula is C15H17BrN4O. The van der Waals surface area contributed by atoms with Crippen LogP contribution in [0, 0.1) is 13.8 Å². The molecule has 2 rings (SSSR count). The minimum atomic E-state index is -0.108. The summed E-state index contributed by atoms with van der Waals surface area (Å²) in [5.74, 6) is -0.108. The van der Waals surface area contributed by atoms with Crippen molar-refractivity contribution in [3.63, 3.8) is 0 Å². The smallest absolute Gasteiger partial charge is 0.240 e. The quantitative estimate of drug-likeness (QED) is 0.644. The summed E-state index contributed by atoms with van der Waals surface area (Å²) >= 11 is 3.37. The molecule has 0 saturated heterocycles. The lowest BCUT2D eigenvalue weighted by Gasteiger charge is -2.01. The zero-order valence-electron chi connectivity index (χ0n) is 12.0. The lowest BCUT2D eigenvalue weighted by molar-refractivity contribution is -0.121. The summed E-state index contributed by atoms with van der Waals surface area (Å²) in [6.07, 6.45) is 2.67. The molecule has 2 N–H and O–H groups in total. The van der Waals surface area contributed by atoms with Crippen LogP contribution in [0.3, 0.4) is 0 Å². The van der Waals surface area contributed by atoms with Crippen LogP contribution < -0.4 is 5.43 Å². The van der Waals surface area contributed by atoms with Gasteiger partial charge in [-0.3, -0.25) is 9.89 Å². The minimum absolute atomic E-state index is 0.108. The molecule has 6 heteroatoms. The molecule has 1 aromatic heterocycles. The fraction of sp³-hybridized carbons (Fsp3) is 0.267. The number of aromatic nitrogens is 2. The van der Waals surface area contributed by atoms with Gasteiger partial charge in [-0.25, -0.2) is 5.43 Å². The van der Waals surface area contributed by atoms with Crippen molar-refractivity contribution in [2.45, 2.75) is 26.7 Å². The van der Waals surface area contributed by atoms with Crippen LogP contribution in [0.2, 0.25) is 0 Å². The fourth-order valence-corrected chi connectivity index (χ4v) is 2.23. The first kappa shape index (κ1) is 15.4. The van der Waals surface area contributed by atoms with Gasteiger partial charge in [0.2, 0.25) is 5.91 Å². The molecule has 0 aliphatic rings. The Bertz CT molecular complexity index is 627. The molecule has 0 spiro atoms. The normalized spacial score (nSPS) is 11.0. The van der Waals surface area contributed by atoms with Gasteiger partial charge in [0.05, 0.1) is 11.9 Å². The molecule has 0 saturated carbocycles. The Kier molecular flexibility index (Phi) is 5.27. The molecule has 1 amide bonds. The largest absolute Gasteiger partial charge is 0.282 e. The Morgan fingerprint density at radius 3 is 2.71 bits per heavy atom. The summed E-state index contributed by atoms with van der Waals surface area (Å²) in [6, 6.07) is 7.68. The van der Waals surface area contributed by atoms with Gasteiger partial charge in [-0.05, 0) is 43.5 Å². The van der Waals surface area contributed by atoms with Gasteiger partial charge in [-0.15, -0.1) is 0 Å².